The zero-order chi connectivity index (χ0) is 10.3. The molecule has 0 saturated heterocycles. The van der Waals surface area contributed by atoms with Gasteiger partial charge in [-0.05, 0) is 30.7 Å². The SMILES string of the molecule is Cc1cc(Cl)cc2cc(C=O)n(C)c12. The summed E-state index contributed by atoms with van der Waals surface area (Å²) in [7, 11) is 1.88. The largest absolute Gasteiger partial charge is 0.341 e. The van der Waals surface area contributed by atoms with Gasteiger partial charge >= 0.3 is 0 Å². The third-order valence-corrected chi connectivity index (χ3v) is 2.66. The lowest BCUT2D eigenvalue weighted by molar-refractivity contribution is 0.111. The van der Waals surface area contributed by atoms with Crippen LogP contribution >= 0.6 is 11.6 Å². The Labute approximate surface area is 87.1 Å². The van der Waals surface area contributed by atoms with Crippen molar-refractivity contribution in [2.45, 2.75) is 6.92 Å². The standard InChI is InChI=1S/C11H10ClNO/c1-7-3-9(12)4-8-5-10(6-14)13(2)11(7)8/h3-6H,1-2H3. The van der Waals surface area contributed by atoms with Gasteiger partial charge in [-0.3, -0.25) is 4.79 Å². The first-order valence-corrected chi connectivity index (χ1v) is 4.72. The molecular weight excluding hydrogens is 198 g/mol. The molecule has 3 heteroatoms. The van der Waals surface area contributed by atoms with E-state index in [1.807, 2.05) is 36.7 Å². The number of nitrogens with zero attached hydrogens (tertiary/aromatic N) is 1. The molecule has 2 nitrogen and oxygen atoms in total. The van der Waals surface area contributed by atoms with Crippen molar-refractivity contribution in [3.63, 3.8) is 0 Å². The Bertz CT molecular complexity index is 513. The second-order valence-electron chi connectivity index (χ2n) is 3.41. The molecular formula is C11H10ClNO. The van der Waals surface area contributed by atoms with Gasteiger partial charge < -0.3 is 4.57 Å². The van der Waals surface area contributed by atoms with E-state index < -0.39 is 0 Å². The van der Waals surface area contributed by atoms with E-state index in [1.165, 1.54) is 0 Å². The summed E-state index contributed by atoms with van der Waals surface area (Å²) in [6, 6.07) is 5.62. The number of carbonyl (C=O) groups is 1. The number of aryl methyl sites for hydroxylation is 2. The van der Waals surface area contributed by atoms with Crippen molar-refractivity contribution < 1.29 is 4.79 Å². The van der Waals surface area contributed by atoms with Crippen LogP contribution in [0.2, 0.25) is 5.02 Å². The first-order chi connectivity index (χ1) is 6.63. The maximum absolute atomic E-state index is 10.7. The van der Waals surface area contributed by atoms with Gasteiger partial charge in [-0.2, -0.15) is 0 Å². The second kappa shape index (κ2) is 3.14. The number of fused-ring (bicyclic) bond motifs is 1. The molecule has 14 heavy (non-hydrogen) atoms. The van der Waals surface area contributed by atoms with Crippen LogP contribution in [0, 0.1) is 6.92 Å². The fourth-order valence-corrected chi connectivity index (χ4v) is 2.11. The van der Waals surface area contributed by atoms with Crippen molar-refractivity contribution in [1.29, 1.82) is 0 Å². The Kier molecular flexibility index (Phi) is 2.08. The Balaban J connectivity index is 2.92. The van der Waals surface area contributed by atoms with Gasteiger partial charge in [0.1, 0.15) is 0 Å². The molecule has 2 rings (SSSR count). The Morgan fingerprint density at radius 1 is 1.36 bits per heavy atom. The zero-order valence-electron chi connectivity index (χ0n) is 8.04. The number of aldehydes is 1. The normalized spacial score (nSPS) is 10.8. The molecule has 2 aromatic rings. The average molecular weight is 208 g/mol. The molecule has 0 unspecified atom stereocenters. The first kappa shape index (κ1) is 9.28. The smallest absolute Gasteiger partial charge is 0.166 e. The van der Waals surface area contributed by atoms with Gasteiger partial charge in [-0.25, -0.2) is 0 Å². The van der Waals surface area contributed by atoms with Gasteiger partial charge in [0.2, 0.25) is 0 Å². The highest BCUT2D eigenvalue weighted by Crippen LogP contribution is 2.25. The van der Waals surface area contributed by atoms with Crippen LogP contribution in [0.25, 0.3) is 10.9 Å². The lowest BCUT2D eigenvalue weighted by Crippen LogP contribution is -1.94. The Morgan fingerprint density at radius 3 is 2.71 bits per heavy atom. The van der Waals surface area contributed by atoms with Crippen LogP contribution in [0.4, 0.5) is 0 Å². The fourth-order valence-electron chi connectivity index (χ4n) is 1.83. The molecule has 0 fully saturated rings. The van der Waals surface area contributed by atoms with Gasteiger partial charge in [0.25, 0.3) is 0 Å². The fraction of sp³-hybridized carbons (Fsp3) is 0.182. The van der Waals surface area contributed by atoms with E-state index in [4.69, 9.17) is 11.6 Å². The number of hydrogen-bond donors (Lipinski definition) is 0. The third kappa shape index (κ3) is 1.23. The molecule has 0 atom stereocenters. The van der Waals surface area contributed by atoms with Crippen molar-refractivity contribution in [3.05, 3.63) is 34.5 Å². The highest BCUT2D eigenvalue weighted by Gasteiger charge is 2.07. The Morgan fingerprint density at radius 2 is 2.07 bits per heavy atom. The number of rotatable bonds is 1. The topological polar surface area (TPSA) is 22.0 Å². The van der Waals surface area contributed by atoms with Crippen LogP contribution in [0.1, 0.15) is 16.1 Å². The van der Waals surface area contributed by atoms with Crippen LogP contribution in [-0.2, 0) is 7.05 Å². The number of hydrogen-bond acceptors (Lipinski definition) is 1. The van der Waals surface area contributed by atoms with E-state index in [0.29, 0.717) is 10.7 Å². The molecule has 0 spiro atoms. The van der Waals surface area contributed by atoms with Crippen LogP contribution in [-0.4, -0.2) is 10.9 Å². The van der Waals surface area contributed by atoms with Crippen molar-refractivity contribution in [2.24, 2.45) is 7.05 Å². The molecule has 0 N–H and O–H groups in total. The maximum atomic E-state index is 10.7. The summed E-state index contributed by atoms with van der Waals surface area (Å²) in [6.45, 7) is 1.99. The van der Waals surface area contributed by atoms with Crippen molar-refractivity contribution in [1.82, 2.24) is 4.57 Å². The van der Waals surface area contributed by atoms with Crippen molar-refractivity contribution in [2.75, 3.05) is 0 Å². The molecule has 0 radical (unpaired) electrons. The molecule has 0 aliphatic rings. The molecule has 1 aromatic heterocycles. The summed E-state index contributed by atoms with van der Waals surface area (Å²) < 4.78 is 1.88. The number of benzene rings is 1. The zero-order valence-corrected chi connectivity index (χ0v) is 8.80. The van der Waals surface area contributed by atoms with E-state index in [0.717, 1.165) is 22.8 Å². The van der Waals surface area contributed by atoms with Gasteiger partial charge in [0.15, 0.2) is 6.29 Å². The van der Waals surface area contributed by atoms with E-state index >= 15 is 0 Å². The minimum Gasteiger partial charge on any atom is -0.341 e. The van der Waals surface area contributed by atoms with Crippen LogP contribution < -0.4 is 0 Å². The number of aromatic nitrogens is 1. The summed E-state index contributed by atoms with van der Waals surface area (Å²) in [4.78, 5) is 10.7. The lowest BCUT2D eigenvalue weighted by atomic mass is 10.2. The van der Waals surface area contributed by atoms with Crippen LogP contribution in [0.15, 0.2) is 18.2 Å². The molecule has 72 valence electrons. The van der Waals surface area contributed by atoms with E-state index in [-0.39, 0.29) is 0 Å². The molecule has 1 heterocycles. The summed E-state index contributed by atoms with van der Waals surface area (Å²) >= 11 is 5.93. The quantitative estimate of drug-likeness (QED) is 0.659. The third-order valence-electron chi connectivity index (χ3n) is 2.44. The van der Waals surface area contributed by atoms with E-state index in [9.17, 15) is 4.79 Å². The first-order valence-electron chi connectivity index (χ1n) is 4.34. The monoisotopic (exact) mass is 207 g/mol. The molecule has 0 saturated carbocycles. The summed E-state index contributed by atoms with van der Waals surface area (Å²) in [6.07, 6.45) is 0.855. The molecule has 1 aromatic carbocycles. The van der Waals surface area contributed by atoms with Gasteiger partial charge in [0, 0.05) is 17.5 Å². The van der Waals surface area contributed by atoms with E-state index in [1.54, 1.807) is 0 Å². The summed E-state index contributed by atoms with van der Waals surface area (Å²) in [5, 5.41) is 1.72. The maximum Gasteiger partial charge on any atom is 0.166 e. The van der Waals surface area contributed by atoms with Gasteiger partial charge in [0.05, 0.1) is 11.2 Å². The summed E-state index contributed by atoms with van der Waals surface area (Å²) in [5.74, 6) is 0. The highest BCUT2D eigenvalue weighted by molar-refractivity contribution is 6.31. The predicted molar refractivity (Wildman–Crippen MR) is 58.1 cm³/mol. The van der Waals surface area contributed by atoms with E-state index in [2.05, 4.69) is 0 Å². The minimum absolute atomic E-state index is 0.672. The van der Waals surface area contributed by atoms with Gasteiger partial charge in [-0.15, -0.1) is 0 Å². The molecule has 0 aliphatic heterocycles. The summed E-state index contributed by atoms with van der Waals surface area (Å²) in [5.41, 5.74) is 2.82. The van der Waals surface area contributed by atoms with Crippen LogP contribution in [0.5, 0.6) is 0 Å². The van der Waals surface area contributed by atoms with Crippen LogP contribution in [0.3, 0.4) is 0 Å². The number of carbonyl (C=O) groups excluding carboxylic acids is 1. The highest BCUT2D eigenvalue weighted by atomic mass is 35.5. The predicted octanol–water partition coefficient (Wildman–Crippen LogP) is 2.95. The minimum atomic E-state index is 0.672. The molecule has 0 amide bonds. The number of halogens is 1. The van der Waals surface area contributed by atoms with Crippen molar-refractivity contribution in [3.8, 4) is 0 Å². The van der Waals surface area contributed by atoms with Crippen molar-refractivity contribution >= 4 is 28.8 Å². The Hall–Kier alpha value is -1.28. The lowest BCUT2D eigenvalue weighted by Gasteiger charge is -2.02. The second-order valence-corrected chi connectivity index (χ2v) is 3.84. The molecule has 0 bridgehead atoms. The molecule has 0 aliphatic carbocycles. The average Bonchev–Trinajstić information content (AvgIpc) is 2.42. The van der Waals surface area contributed by atoms with Gasteiger partial charge in [-0.1, -0.05) is 11.6 Å².